The zero-order chi connectivity index (χ0) is 12.8. The van der Waals surface area contributed by atoms with Gasteiger partial charge in [0.1, 0.15) is 0 Å². The summed E-state index contributed by atoms with van der Waals surface area (Å²) in [5, 5.41) is 4.48. The van der Waals surface area contributed by atoms with Gasteiger partial charge in [0.25, 0.3) is 0 Å². The number of rotatable bonds is 6. The molecule has 0 aromatic heterocycles. The molecule has 0 heterocycles. The molecule has 1 aromatic rings. The largest absolute Gasteiger partial charge is 0.313 e. The average molecular weight is 284 g/mol. The molecule has 2 rings (SSSR count). The number of benzene rings is 1. The van der Waals surface area contributed by atoms with Crippen molar-refractivity contribution < 1.29 is 0 Å². The van der Waals surface area contributed by atoms with Crippen LogP contribution in [-0.2, 0) is 0 Å². The second-order valence-corrected chi connectivity index (χ2v) is 6.50. The summed E-state index contributed by atoms with van der Waals surface area (Å²) in [4.78, 5) is 1.32. The standard InChI is InChI=1S/C15H22ClNS/c1-2-17-15(12-5-3-4-6-12)11-18-14-9-7-13(16)8-10-14/h7-10,12,15,17H,2-6,11H2,1H3. The van der Waals surface area contributed by atoms with Crippen molar-refractivity contribution in [2.45, 2.75) is 43.5 Å². The summed E-state index contributed by atoms with van der Waals surface area (Å²) < 4.78 is 0. The van der Waals surface area contributed by atoms with Crippen molar-refractivity contribution in [3.8, 4) is 0 Å². The van der Waals surface area contributed by atoms with Crippen LogP contribution in [0.2, 0.25) is 5.02 Å². The minimum atomic E-state index is 0.665. The van der Waals surface area contributed by atoms with Crippen LogP contribution in [0.1, 0.15) is 32.6 Å². The molecule has 0 bridgehead atoms. The molecule has 0 saturated heterocycles. The van der Waals surface area contributed by atoms with Crippen LogP contribution in [0.25, 0.3) is 0 Å². The van der Waals surface area contributed by atoms with Gasteiger partial charge in [-0.3, -0.25) is 0 Å². The zero-order valence-corrected chi connectivity index (χ0v) is 12.6. The molecule has 0 radical (unpaired) electrons. The molecule has 0 aliphatic heterocycles. The highest BCUT2D eigenvalue weighted by Crippen LogP contribution is 2.31. The number of halogens is 1. The second kappa shape index (κ2) is 7.42. The normalized spacial score (nSPS) is 18.1. The van der Waals surface area contributed by atoms with Gasteiger partial charge in [-0.15, -0.1) is 11.8 Å². The fourth-order valence-electron chi connectivity index (χ4n) is 2.70. The predicted molar refractivity (Wildman–Crippen MR) is 81.6 cm³/mol. The summed E-state index contributed by atoms with van der Waals surface area (Å²) in [6.07, 6.45) is 5.63. The second-order valence-electron chi connectivity index (χ2n) is 4.97. The lowest BCUT2D eigenvalue weighted by Crippen LogP contribution is -2.37. The van der Waals surface area contributed by atoms with Crippen LogP contribution in [-0.4, -0.2) is 18.3 Å². The maximum absolute atomic E-state index is 5.91. The van der Waals surface area contributed by atoms with Gasteiger partial charge in [0.05, 0.1) is 0 Å². The van der Waals surface area contributed by atoms with Crippen molar-refractivity contribution in [1.29, 1.82) is 0 Å². The summed E-state index contributed by atoms with van der Waals surface area (Å²) in [6, 6.07) is 8.84. The van der Waals surface area contributed by atoms with E-state index in [1.807, 2.05) is 23.9 Å². The molecule has 100 valence electrons. The molecule has 1 atom stereocenters. The van der Waals surface area contributed by atoms with E-state index in [-0.39, 0.29) is 0 Å². The molecule has 1 N–H and O–H groups in total. The fraction of sp³-hybridized carbons (Fsp3) is 0.600. The van der Waals surface area contributed by atoms with Crippen molar-refractivity contribution in [3.05, 3.63) is 29.3 Å². The molecule has 3 heteroatoms. The van der Waals surface area contributed by atoms with Crippen LogP contribution < -0.4 is 5.32 Å². The highest BCUT2D eigenvalue weighted by Gasteiger charge is 2.24. The average Bonchev–Trinajstić information content (AvgIpc) is 2.90. The van der Waals surface area contributed by atoms with Crippen LogP contribution in [0.5, 0.6) is 0 Å². The van der Waals surface area contributed by atoms with E-state index in [0.717, 1.165) is 17.5 Å². The van der Waals surface area contributed by atoms with Gasteiger partial charge in [-0.25, -0.2) is 0 Å². The third-order valence-electron chi connectivity index (χ3n) is 3.68. The zero-order valence-electron chi connectivity index (χ0n) is 11.0. The monoisotopic (exact) mass is 283 g/mol. The first-order valence-electron chi connectivity index (χ1n) is 6.91. The SMILES string of the molecule is CCNC(CSc1ccc(Cl)cc1)C1CCCC1. The number of hydrogen-bond donors (Lipinski definition) is 1. The third-order valence-corrected chi connectivity index (χ3v) is 5.06. The van der Waals surface area contributed by atoms with E-state index in [4.69, 9.17) is 11.6 Å². The Morgan fingerprint density at radius 3 is 2.56 bits per heavy atom. The van der Waals surface area contributed by atoms with Crippen LogP contribution >= 0.6 is 23.4 Å². The lowest BCUT2D eigenvalue weighted by atomic mass is 10.00. The highest BCUT2D eigenvalue weighted by molar-refractivity contribution is 7.99. The first-order chi connectivity index (χ1) is 8.79. The summed E-state index contributed by atoms with van der Waals surface area (Å²) in [5.74, 6) is 2.05. The molecular weight excluding hydrogens is 262 g/mol. The Hall–Kier alpha value is -0.180. The van der Waals surface area contributed by atoms with Crippen LogP contribution in [0.15, 0.2) is 29.2 Å². The maximum Gasteiger partial charge on any atom is 0.0406 e. The van der Waals surface area contributed by atoms with Crippen molar-refractivity contribution in [2.24, 2.45) is 5.92 Å². The quantitative estimate of drug-likeness (QED) is 0.766. The number of thioether (sulfide) groups is 1. The Kier molecular flexibility index (Phi) is 5.87. The molecule has 1 aliphatic rings. The minimum absolute atomic E-state index is 0.665. The smallest absolute Gasteiger partial charge is 0.0406 e. The van der Waals surface area contributed by atoms with Gasteiger partial charge >= 0.3 is 0 Å². The Balaban J connectivity index is 1.86. The van der Waals surface area contributed by atoms with Crippen molar-refractivity contribution in [1.82, 2.24) is 5.32 Å². The minimum Gasteiger partial charge on any atom is -0.313 e. The third kappa shape index (κ3) is 4.18. The molecule has 0 spiro atoms. The molecule has 1 aliphatic carbocycles. The lowest BCUT2D eigenvalue weighted by Gasteiger charge is -2.24. The Bertz CT molecular complexity index is 346. The van der Waals surface area contributed by atoms with E-state index < -0.39 is 0 Å². The molecular formula is C15H22ClNS. The van der Waals surface area contributed by atoms with Gasteiger partial charge in [0.2, 0.25) is 0 Å². The molecule has 18 heavy (non-hydrogen) atoms. The van der Waals surface area contributed by atoms with Gasteiger partial charge < -0.3 is 5.32 Å². The Morgan fingerprint density at radius 1 is 1.28 bits per heavy atom. The van der Waals surface area contributed by atoms with Crippen molar-refractivity contribution in [3.63, 3.8) is 0 Å². The number of hydrogen-bond acceptors (Lipinski definition) is 2. The Labute approximate surface area is 120 Å². The van der Waals surface area contributed by atoms with Crippen LogP contribution in [0, 0.1) is 5.92 Å². The van der Waals surface area contributed by atoms with Gasteiger partial charge in [-0.05, 0) is 49.6 Å². The molecule has 1 nitrogen and oxygen atoms in total. The molecule has 1 unspecified atom stereocenters. The van der Waals surface area contributed by atoms with Crippen LogP contribution in [0.3, 0.4) is 0 Å². The van der Waals surface area contributed by atoms with E-state index >= 15 is 0 Å². The molecule has 1 fully saturated rings. The maximum atomic E-state index is 5.91. The Morgan fingerprint density at radius 2 is 1.94 bits per heavy atom. The van der Waals surface area contributed by atoms with Crippen LogP contribution in [0.4, 0.5) is 0 Å². The van der Waals surface area contributed by atoms with Crippen molar-refractivity contribution in [2.75, 3.05) is 12.3 Å². The molecule has 0 amide bonds. The van der Waals surface area contributed by atoms with Gasteiger partial charge in [-0.2, -0.15) is 0 Å². The van der Waals surface area contributed by atoms with Gasteiger partial charge in [0.15, 0.2) is 0 Å². The number of nitrogens with one attached hydrogen (secondary N) is 1. The lowest BCUT2D eigenvalue weighted by molar-refractivity contribution is 0.394. The molecule has 1 saturated carbocycles. The predicted octanol–water partition coefficient (Wildman–Crippen LogP) is 4.60. The van der Waals surface area contributed by atoms with Gasteiger partial charge in [-0.1, -0.05) is 31.4 Å². The van der Waals surface area contributed by atoms with E-state index in [2.05, 4.69) is 24.4 Å². The summed E-state index contributed by atoms with van der Waals surface area (Å²) in [6.45, 7) is 3.28. The van der Waals surface area contributed by atoms with Crippen molar-refractivity contribution >= 4 is 23.4 Å². The molecule has 1 aromatic carbocycles. The summed E-state index contributed by atoms with van der Waals surface area (Å²) in [7, 11) is 0. The van der Waals surface area contributed by atoms with E-state index in [1.165, 1.54) is 36.3 Å². The fourth-order valence-corrected chi connectivity index (χ4v) is 3.92. The van der Waals surface area contributed by atoms with E-state index in [0.29, 0.717) is 6.04 Å². The van der Waals surface area contributed by atoms with Gasteiger partial charge in [0, 0.05) is 21.7 Å². The topological polar surface area (TPSA) is 12.0 Å². The van der Waals surface area contributed by atoms with E-state index in [1.54, 1.807) is 0 Å². The first kappa shape index (κ1) is 14.2. The van der Waals surface area contributed by atoms with E-state index in [9.17, 15) is 0 Å². The summed E-state index contributed by atoms with van der Waals surface area (Å²) in [5.41, 5.74) is 0. The summed E-state index contributed by atoms with van der Waals surface area (Å²) >= 11 is 7.85. The highest BCUT2D eigenvalue weighted by atomic mass is 35.5. The first-order valence-corrected chi connectivity index (χ1v) is 8.27.